The highest BCUT2D eigenvalue weighted by Crippen LogP contribution is 2.40. The number of aromatic nitrogens is 4. The van der Waals surface area contributed by atoms with Gasteiger partial charge in [0.05, 0.1) is 22.2 Å². The van der Waals surface area contributed by atoms with Gasteiger partial charge in [0.15, 0.2) is 11.6 Å². The van der Waals surface area contributed by atoms with E-state index in [4.69, 9.17) is 28.8 Å². The first-order valence-corrected chi connectivity index (χ1v) is 20.6. The van der Waals surface area contributed by atoms with Gasteiger partial charge in [-0.25, -0.2) is 9.97 Å². The van der Waals surface area contributed by atoms with Crippen molar-refractivity contribution in [2.45, 2.75) is 0 Å². The van der Waals surface area contributed by atoms with Crippen molar-refractivity contribution in [2.24, 2.45) is 0 Å². The zero-order valence-electron chi connectivity index (χ0n) is 33.2. The van der Waals surface area contributed by atoms with E-state index in [1.54, 1.807) is 0 Å². The number of hydrogen-bond acceptors (Lipinski definition) is 6. The van der Waals surface area contributed by atoms with E-state index < -0.39 is 0 Å². The van der Waals surface area contributed by atoms with Crippen LogP contribution in [0.4, 0.5) is 0 Å². The lowest BCUT2D eigenvalue weighted by Gasteiger charge is -2.10. The minimum absolute atomic E-state index is 0.561. The number of rotatable bonds is 7. The highest BCUT2D eigenvalue weighted by atomic mass is 16.3. The molecule has 0 N–H and O–H groups in total. The second-order valence-electron chi connectivity index (χ2n) is 15.4. The molecule has 0 fully saturated rings. The Morgan fingerprint density at radius 2 is 0.629 bits per heavy atom. The van der Waals surface area contributed by atoms with E-state index >= 15 is 0 Å². The van der Waals surface area contributed by atoms with Crippen molar-refractivity contribution in [3.63, 3.8) is 0 Å². The standard InChI is InChI=1S/C56H34N4O2/c1-3-13-35(14-4-1)41-17-11-19-43(33-41)52-50-46-22-8-10-24-48(46)62-56(50)59-53(58-52)40-31-27-38(28-32-40)37-25-29-39(30-26-37)51-49-45-21-7-9-23-47(45)61-55(49)60-54(57-51)44-20-12-18-42(34-44)36-15-5-2-6-16-36/h1-34H. The quantitative estimate of drug-likeness (QED) is 0.160. The molecule has 0 bridgehead atoms. The van der Waals surface area contributed by atoms with Crippen LogP contribution in [0, 0.1) is 0 Å². The molecule has 12 rings (SSSR count). The van der Waals surface area contributed by atoms with Gasteiger partial charge in [0.1, 0.15) is 11.2 Å². The van der Waals surface area contributed by atoms with Gasteiger partial charge in [-0.2, -0.15) is 9.97 Å². The zero-order valence-corrected chi connectivity index (χ0v) is 33.2. The molecule has 8 aromatic carbocycles. The summed E-state index contributed by atoms with van der Waals surface area (Å²) in [4.78, 5) is 20.4. The number of fused-ring (bicyclic) bond motifs is 6. The third-order valence-electron chi connectivity index (χ3n) is 11.6. The van der Waals surface area contributed by atoms with E-state index in [9.17, 15) is 0 Å². The Morgan fingerprint density at radius 1 is 0.258 bits per heavy atom. The monoisotopic (exact) mass is 794 g/mol. The van der Waals surface area contributed by atoms with E-state index in [0.29, 0.717) is 23.1 Å². The van der Waals surface area contributed by atoms with Crippen LogP contribution in [0.2, 0.25) is 0 Å². The maximum absolute atomic E-state index is 6.37. The largest absolute Gasteiger partial charge is 0.438 e. The van der Waals surface area contributed by atoms with Crippen LogP contribution >= 0.6 is 0 Å². The summed E-state index contributed by atoms with van der Waals surface area (Å²) in [6, 6.07) is 70.7. The average molecular weight is 795 g/mol. The highest BCUT2D eigenvalue weighted by molar-refractivity contribution is 6.12. The van der Waals surface area contributed by atoms with Crippen LogP contribution in [0.3, 0.4) is 0 Å². The van der Waals surface area contributed by atoms with E-state index in [-0.39, 0.29) is 0 Å². The third-order valence-corrected chi connectivity index (χ3v) is 11.6. The lowest BCUT2D eigenvalue weighted by Crippen LogP contribution is -1.95. The molecule has 0 unspecified atom stereocenters. The number of furan rings is 2. The second-order valence-corrected chi connectivity index (χ2v) is 15.4. The molecule has 6 nitrogen and oxygen atoms in total. The molecule has 0 aliphatic carbocycles. The lowest BCUT2D eigenvalue weighted by atomic mass is 9.99. The fourth-order valence-electron chi connectivity index (χ4n) is 8.50. The van der Waals surface area contributed by atoms with Crippen LogP contribution in [0.25, 0.3) is 123 Å². The summed E-state index contributed by atoms with van der Waals surface area (Å²) in [5.74, 6) is 1.21. The summed E-state index contributed by atoms with van der Waals surface area (Å²) in [6.07, 6.45) is 0. The normalized spacial score (nSPS) is 11.5. The van der Waals surface area contributed by atoms with E-state index in [1.165, 1.54) is 0 Å². The van der Waals surface area contributed by atoms with Gasteiger partial charge in [-0.15, -0.1) is 0 Å². The van der Waals surface area contributed by atoms with Crippen molar-refractivity contribution in [1.82, 2.24) is 19.9 Å². The van der Waals surface area contributed by atoms with E-state index in [0.717, 1.165) is 99.7 Å². The second kappa shape index (κ2) is 14.7. The molecule has 12 aromatic rings. The molecule has 4 heterocycles. The minimum atomic E-state index is 0.561. The van der Waals surface area contributed by atoms with Crippen LogP contribution < -0.4 is 0 Å². The Balaban J connectivity index is 0.909. The van der Waals surface area contributed by atoms with Crippen molar-refractivity contribution in [3.05, 3.63) is 206 Å². The molecular formula is C56H34N4O2. The molecule has 0 radical (unpaired) electrons. The number of hydrogen-bond donors (Lipinski definition) is 0. The maximum Gasteiger partial charge on any atom is 0.231 e. The molecular weight excluding hydrogens is 761 g/mol. The maximum atomic E-state index is 6.37. The number of benzene rings is 8. The SMILES string of the molecule is c1ccc(-c2cccc(-c3nc(-c4ccc(-c5ccc(-c6nc(-c7cccc(-c8ccccc8)c7)c7c(n6)oc6ccccc67)cc5)cc4)c4c(n3)oc3ccccc34)c2)cc1. The molecule has 0 saturated carbocycles. The van der Waals surface area contributed by atoms with Gasteiger partial charge in [0, 0.05) is 33.0 Å². The molecule has 4 aromatic heterocycles. The predicted octanol–water partition coefficient (Wildman–Crippen LogP) is 14.7. The first kappa shape index (κ1) is 35.5. The van der Waals surface area contributed by atoms with Gasteiger partial charge in [-0.3, -0.25) is 0 Å². The molecule has 6 heteroatoms. The summed E-state index contributed by atoms with van der Waals surface area (Å²) in [5.41, 5.74) is 14.8. The summed E-state index contributed by atoms with van der Waals surface area (Å²) in [7, 11) is 0. The third kappa shape index (κ3) is 6.21. The first-order valence-electron chi connectivity index (χ1n) is 20.6. The smallest absolute Gasteiger partial charge is 0.231 e. The van der Waals surface area contributed by atoms with Crippen molar-refractivity contribution in [2.75, 3.05) is 0 Å². The Bertz CT molecular complexity index is 3610. The van der Waals surface area contributed by atoms with Crippen LogP contribution in [-0.2, 0) is 0 Å². The first-order chi connectivity index (χ1) is 30.7. The minimum Gasteiger partial charge on any atom is -0.438 e. The Kier molecular flexibility index (Phi) is 8.38. The molecule has 0 atom stereocenters. The van der Waals surface area contributed by atoms with Crippen LogP contribution in [0.5, 0.6) is 0 Å². The number of para-hydroxylation sites is 2. The van der Waals surface area contributed by atoms with Gasteiger partial charge in [0.2, 0.25) is 11.4 Å². The summed E-state index contributed by atoms with van der Waals surface area (Å²) in [6.45, 7) is 0. The Labute approximate surface area is 356 Å². The average Bonchev–Trinajstić information content (AvgIpc) is 3.93. The molecule has 0 saturated heterocycles. The Morgan fingerprint density at radius 3 is 1.18 bits per heavy atom. The Hall–Kier alpha value is -8.48. The molecule has 0 aliphatic rings. The van der Waals surface area contributed by atoms with Crippen LogP contribution in [0.15, 0.2) is 215 Å². The predicted molar refractivity (Wildman–Crippen MR) is 250 cm³/mol. The highest BCUT2D eigenvalue weighted by Gasteiger charge is 2.20. The molecule has 290 valence electrons. The summed E-state index contributed by atoms with van der Waals surface area (Å²) < 4.78 is 12.7. The van der Waals surface area contributed by atoms with Gasteiger partial charge >= 0.3 is 0 Å². The van der Waals surface area contributed by atoms with Crippen molar-refractivity contribution < 1.29 is 8.83 Å². The van der Waals surface area contributed by atoms with Crippen LogP contribution in [0.1, 0.15) is 0 Å². The topological polar surface area (TPSA) is 77.8 Å². The van der Waals surface area contributed by atoms with E-state index in [1.807, 2.05) is 48.5 Å². The lowest BCUT2D eigenvalue weighted by molar-refractivity contribution is 0.653. The molecule has 0 aliphatic heterocycles. The molecule has 0 spiro atoms. The fraction of sp³-hybridized carbons (Fsp3) is 0. The summed E-state index contributed by atoms with van der Waals surface area (Å²) >= 11 is 0. The molecule has 0 amide bonds. The van der Waals surface area contributed by atoms with Crippen molar-refractivity contribution in [3.8, 4) is 78.7 Å². The number of nitrogens with zero attached hydrogens (tertiary/aromatic N) is 4. The van der Waals surface area contributed by atoms with E-state index in [2.05, 4.69) is 158 Å². The van der Waals surface area contributed by atoms with Gasteiger partial charge in [-0.1, -0.05) is 182 Å². The van der Waals surface area contributed by atoms with Gasteiger partial charge in [0.25, 0.3) is 0 Å². The van der Waals surface area contributed by atoms with Crippen molar-refractivity contribution >= 4 is 44.1 Å². The summed E-state index contributed by atoms with van der Waals surface area (Å²) in [5, 5.41) is 3.78. The van der Waals surface area contributed by atoms with Gasteiger partial charge < -0.3 is 8.83 Å². The van der Waals surface area contributed by atoms with Crippen LogP contribution in [-0.4, -0.2) is 19.9 Å². The zero-order chi connectivity index (χ0) is 41.0. The molecule has 62 heavy (non-hydrogen) atoms. The van der Waals surface area contributed by atoms with Gasteiger partial charge in [-0.05, 0) is 57.6 Å². The fourth-order valence-corrected chi connectivity index (χ4v) is 8.50. The van der Waals surface area contributed by atoms with Crippen molar-refractivity contribution in [1.29, 1.82) is 0 Å².